The van der Waals surface area contributed by atoms with Gasteiger partial charge in [0.1, 0.15) is 11.6 Å². The van der Waals surface area contributed by atoms with Gasteiger partial charge in [-0.3, -0.25) is 4.79 Å². The second-order valence-corrected chi connectivity index (χ2v) is 4.46. The van der Waals surface area contributed by atoms with Crippen LogP contribution in [0.4, 0.5) is 5.82 Å². The Balaban J connectivity index is 2.22. The lowest BCUT2D eigenvalue weighted by Crippen LogP contribution is -2.04. The molecule has 96 valence electrons. The number of rotatable bonds is 1. The first-order valence-electron chi connectivity index (χ1n) is 5.83. The van der Waals surface area contributed by atoms with E-state index in [9.17, 15) is 9.90 Å². The van der Waals surface area contributed by atoms with Crippen LogP contribution in [0.1, 0.15) is 22.4 Å². The molecule has 0 saturated carbocycles. The van der Waals surface area contributed by atoms with Crippen molar-refractivity contribution in [2.75, 3.05) is 5.32 Å². The maximum atomic E-state index is 12.0. The Morgan fingerprint density at radius 1 is 1.42 bits per heavy atom. The molecule has 2 aromatic heterocycles. The van der Waals surface area contributed by atoms with E-state index < -0.39 is 0 Å². The Hall–Kier alpha value is -2.56. The zero-order chi connectivity index (χ0) is 13.6. The van der Waals surface area contributed by atoms with Crippen molar-refractivity contribution in [3.63, 3.8) is 0 Å². The molecule has 1 aliphatic rings. The van der Waals surface area contributed by atoms with E-state index in [1.54, 1.807) is 32.3 Å². The number of hydrogen-bond acceptors (Lipinski definition) is 4. The average Bonchev–Trinajstić information content (AvgIpc) is 2.97. The van der Waals surface area contributed by atoms with Crippen molar-refractivity contribution in [3.8, 4) is 5.75 Å². The van der Waals surface area contributed by atoms with Gasteiger partial charge in [-0.1, -0.05) is 0 Å². The van der Waals surface area contributed by atoms with Crippen molar-refractivity contribution < 1.29 is 14.3 Å². The largest absolute Gasteiger partial charge is 0.506 e. The summed E-state index contributed by atoms with van der Waals surface area (Å²) in [7, 11) is 0. The zero-order valence-electron chi connectivity index (χ0n) is 10.5. The summed E-state index contributed by atoms with van der Waals surface area (Å²) >= 11 is 0. The van der Waals surface area contributed by atoms with Gasteiger partial charge in [0, 0.05) is 16.7 Å². The van der Waals surface area contributed by atoms with Gasteiger partial charge in [0.25, 0.3) is 5.91 Å². The number of anilines is 1. The Morgan fingerprint density at radius 2 is 2.21 bits per heavy atom. The highest BCUT2D eigenvalue weighted by Crippen LogP contribution is 2.38. The van der Waals surface area contributed by atoms with Crippen molar-refractivity contribution in [2.24, 2.45) is 0 Å². The van der Waals surface area contributed by atoms with Crippen LogP contribution in [0.3, 0.4) is 0 Å². The number of aromatic hydroxyl groups is 1. The lowest BCUT2D eigenvalue weighted by molar-refractivity contribution is -0.110. The quantitative estimate of drug-likeness (QED) is 0.768. The van der Waals surface area contributed by atoms with Crippen molar-refractivity contribution in [2.45, 2.75) is 13.8 Å². The van der Waals surface area contributed by atoms with E-state index in [0.29, 0.717) is 28.2 Å². The molecule has 3 heterocycles. The van der Waals surface area contributed by atoms with Gasteiger partial charge in [0.15, 0.2) is 0 Å². The molecule has 0 radical (unpaired) electrons. The molecule has 3 rings (SSSR count). The van der Waals surface area contributed by atoms with Crippen molar-refractivity contribution in [1.82, 2.24) is 4.98 Å². The number of nitrogens with one attached hydrogen (secondary N) is 1. The van der Waals surface area contributed by atoms with Gasteiger partial charge >= 0.3 is 0 Å². The zero-order valence-corrected chi connectivity index (χ0v) is 10.5. The molecule has 1 amide bonds. The highest BCUT2D eigenvalue weighted by atomic mass is 16.3. The number of fused-ring (bicyclic) bond motifs is 1. The lowest BCUT2D eigenvalue weighted by Gasteiger charge is -2.07. The van der Waals surface area contributed by atoms with Crippen LogP contribution in [0.25, 0.3) is 11.6 Å². The van der Waals surface area contributed by atoms with E-state index in [2.05, 4.69) is 10.3 Å². The van der Waals surface area contributed by atoms with Crippen LogP contribution in [0, 0.1) is 13.8 Å². The van der Waals surface area contributed by atoms with Crippen LogP contribution in [0.5, 0.6) is 5.75 Å². The molecule has 0 unspecified atom stereocenters. The van der Waals surface area contributed by atoms with Crippen LogP contribution in [-0.2, 0) is 4.79 Å². The fourth-order valence-electron chi connectivity index (χ4n) is 2.21. The predicted octanol–water partition coefficient (Wildman–Crippen LogP) is 2.49. The minimum Gasteiger partial charge on any atom is -0.506 e. The third kappa shape index (κ3) is 1.71. The molecule has 5 heteroatoms. The van der Waals surface area contributed by atoms with Crippen molar-refractivity contribution in [1.29, 1.82) is 0 Å². The molecule has 0 aliphatic carbocycles. The minimum atomic E-state index is -0.225. The highest BCUT2D eigenvalue weighted by molar-refractivity contribution is 6.34. The van der Waals surface area contributed by atoms with Crippen LogP contribution in [0.15, 0.2) is 23.0 Å². The van der Waals surface area contributed by atoms with Crippen LogP contribution < -0.4 is 5.32 Å². The number of aryl methyl sites for hydroxylation is 1. The first-order chi connectivity index (χ1) is 9.08. The number of amides is 1. The van der Waals surface area contributed by atoms with Gasteiger partial charge in [-0.2, -0.15) is 0 Å². The normalized spacial score (nSPS) is 15.7. The second kappa shape index (κ2) is 3.98. The Kier molecular flexibility index (Phi) is 2.41. The number of hydrogen-bond donors (Lipinski definition) is 2. The van der Waals surface area contributed by atoms with Gasteiger partial charge in [0.2, 0.25) is 0 Å². The summed E-state index contributed by atoms with van der Waals surface area (Å²) < 4.78 is 4.98. The summed E-state index contributed by atoms with van der Waals surface area (Å²) in [4.78, 5) is 16.2. The molecule has 2 aromatic rings. The minimum absolute atomic E-state index is 0.119. The molecule has 0 fully saturated rings. The third-order valence-corrected chi connectivity index (χ3v) is 3.19. The topological polar surface area (TPSA) is 75.4 Å². The average molecular weight is 256 g/mol. The molecule has 5 nitrogen and oxygen atoms in total. The summed E-state index contributed by atoms with van der Waals surface area (Å²) in [6, 6.07) is 1.76. The Labute approximate surface area is 109 Å². The van der Waals surface area contributed by atoms with Crippen LogP contribution in [-0.4, -0.2) is 16.0 Å². The summed E-state index contributed by atoms with van der Waals surface area (Å²) in [5, 5.41) is 12.7. The SMILES string of the molecule is Cc1nc2c(c(C)c1O)C(=Cc1ccoc1)C(=O)N2. The number of nitrogens with zero attached hydrogens (tertiary/aromatic N) is 1. The van der Waals surface area contributed by atoms with E-state index in [4.69, 9.17) is 4.42 Å². The highest BCUT2D eigenvalue weighted by Gasteiger charge is 2.29. The van der Waals surface area contributed by atoms with Gasteiger partial charge in [-0.25, -0.2) is 4.98 Å². The number of furan rings is 1. The molecule has 0 aromatic carbocycles. The van der Waals surface area contributed by atoms with Gasteiger partial charge in [0.05, 0.1) is 23.8 Å². The van der Waals surface area contributed by atoms with Crippen molar-refractivity contribution in [3.05, 3.63) is 41.0 Å². The molecule has 2 N–H and O–H groups in total. The van der Waals surface area contributed by atoms with Crippen LogP contribution in [0.2, 0.25) is 0 Å². The number of pyridine rings is 1. The molecule has 1 aliphatic heterocycles. The summed E-state index contributed by atoms with van der Waals surface area (Å²) in [5.74, 6) is 0.387. The smallest absolute Gasteiger partial charge is 0.257 e. The lowest BCUT2D eigenvalue weighted by atomic mass is 10.0. The second-order valence-electron chi connectivity index (χ2n) is 4.46. The van der Waals surface area contributed by atoms with Crippen LogP contribution >= 0.6 is 0 Å². The fraction of sp³-hybridized carbons (Fsp3) is 0.143. The Bertz CT molecular complexity index is 700. The summed E-state index contributed by atoms with van der Waals surface area (Å²) in [5.41, 5.74) is 3.07. The molecular formula is C14H12N2O3. The molecule has 0 bridgehead atoms. The number of carbonyl (C=O) groups excluding carboxylic acids is 1. The summed E-state index contributed by atoms with van der Waals surface area (Å²) in [6.07, 6.45) is 4.81. The summed E-state index contributed by atoms with van der Waals surface area (Å²) in [6.45, 7) is 3.47. The molecule has 19 heavy (non-hydrogen) atoms. The third-order valence-electron chi connectivity index (χ3n) is 3.19. The van der Waals surface area contributed by atoms with E-state index in [0.717, 1.165) is 5.56 Å². The number of aromatic nitrogens is 1. The van der Waals surface area contributed by atoms with E-state index in [-0.39, 0.29) is 11.7 Å². The van der Waals surface area contributed by atoms with Crippen molar-refractivity contribution >= 4 is 23.4 Å². The standard InChI is InChI=1S/C14H12N2O3/c1-7-11-10(5-9-3-4-19-6-9)14(18)16-13(11)15-8(2)12(7)17/h3-6,17H,1-2H3,(H,15,16,18). The van der Waals surface area contributed by atoms with E-state index in [1.807, 2.05) is 0 Å². The van der Waals surface area contributed by atoms with Gasteiger partial charge < -0.3 is 14.8 Å². The first-order valence-corrected chi connectivity index (χ1v) is 5.83. The van der Waals surface area contributed by atoms with E-state index >= 15 is 0 Å². The molecule has 0 spiro atoms. The fourth-order valence-corrected chi connectivity index (χ4v) is 2.21. The molecule has 0 atom stereocenters. The predicted molar refractivity (Wildman–Crippen MR) is 70.6 cm³/mol. The monoisotopic (exact) mass is 256 g/mol. The Morgan fingerprint density at radius 3 is 2.89 bits per heavy atom. The first kappa shape index (κ1) is 11.5. The van der Waals surface area contributed by atoms with Gasteiger partial charge in [-0.15, -0.1) is 0 Å². The number of carbonyl (C=O) groups is 1. The molecular weight excluding hydrogens is 244 g/mol. The maximum Gasteiger partial charge on any atom is 0.257 e. The maximum absolute atomic E-state index is 12.0. The molecule has 0 saturated heterocycles. The van der Waals surface area contributed by atoms with Gasteiger partial charge in [-0.05, 0) is 26.0 Å². The van der Waals surface area contributed by atoms with E-state index in [1.165, 1.54) is 6.26 Å².